The third-order valence-electron chi connectivity index (χ3n) is 2.40. The minimum Gasteiger partial charge on any atom is -0.483 e. The molecule has 0 fully saturated rings. The molecule has 0 unspecified atom stereocenters. The van der Waals surface area contributed by atoms with Gasteiger partial charge in [0.05, 0.1) is 4.47 Å². The van der Waals surface area contributed by atoms with Gasteiger partial charge in [0.1, 0.15) is 17.9 Å². The molecule has 0 bridgehead atoms. The standard InChI is InChI=1S/C12H12BrClN4O2/c13-9-5-8(14)1-2-10(9)20-6-12(19)15-4-3-11-16-7-17-18-11/h1-2,5,7H,3-4,6H2,(H,15,19)(H,16,17,18). The SMILES string of the molecule is O=C(COc1ccc(Cl)cc1Br)NCCc1ncn[nH]1. The lowest BCUT2D eigenvalue weighted by atomic mass is 10.3. The van der Waals surface area contributed by atoms with Crippen LogP contribution in [0.25, 0.3) is 0 Å². The van der Waals surface area contributed by atoms with Crippen LogP contribution >= 0.6 is 27.5 Å². The van der Waals surface area contributed by atoms with E-state index in [9.17, 15) is 4.79 Å². The number of halogens is 2. The number of H-pyrrole nitrogens is 1. The van der Waals surface area contributed by atoms with Gasteiger partial charge in [-0.3, -0.25) is 9.89 Å². The third kappa shape index (κ3) is 4.50. The zero-order valence-electron chi connectivity index (χ0n) is 10.4. The summed E-state index contributed by atoms with van der Waals surface area (Å²) in [6, 6.07) is 5.11. The van der Waals surface area contributed by atoms with Gasteiger partial charge in [-0.2, -0.15) is 5.10 Å². The molecular weight excluding hydrogens is 348 g/mol. The maximum absolute atomic E-state index is 11.6. The number of rotatable bonds is 6. The molecule has 0 atom stereocenters. The predicted octanol–water partition coefficient (Wildman–Crippen LogP) is 1.96. The Bertz CT molecular complexity index is 577. The highest BCUT2D eigenvalue weighted by atomic mass is 79.9. The van der Waals surface area contributed by atoms with E-state index in [0.717, 1.165) is 5.82 Å². The van der Waals surface area contributed by atoms with Crippen LogP contribution in [0.2, 0.25) is 5.02 Å². The molecule has 106 valence electrons. The maximum Gasteiger partial charge on any atom is 0.257 e. The van der Waals surface area contributed by atoms with Crippen LogP contribution in [-0.2, 0) is 11.2 Å². The van der Waals surface area contributed by atoms with Crippen molar-refractivity contribution in [1.82, 2.24) is 20.5 Å². The maximum atomic E-state index is 11.6. The number of aromatic nitrogens is 3. The Hall–Kier alpha value is -1.60. The molecule has 1 amide bonds. The first kappa shape index (κ1) is 14.8. The van der Waals surface area contributed by atoms with Crippen molar-refractivity contribution < 1.29 is 9.53 Å². The second-order valence-electron chi connectivity index (χ2n) is 3.90. The molecule has 0 aliphatic rings. The summed E-state index contributed by atoms with van der Waals surface area (Å²) >= 11 is 9.13. The summed E-state index contributed by atoms with van der Waals surface area (Å²) in [6.07, 6.45) is 2.02. The Kier molecular flexibility index (Phi) is 5.37. The first-order valence-electron chi connectivity index (χ1n) is 5.84. The number of benzene rings is 1. The molecule has 1 aromatic heterocycles. The number of ether oxygens (including phenoxy) is 1. The summed E-state index contributed by atoms with van der Waals surface area (Å²) < 4.78 is 6.10. The zero-order valence-corrected chi connectivity index (χ0v) is 12.7. The molecule has 0 spiro atoms. The molecule has 0 saturated carbocycles. The van der Waals surface area contributed by atoms with E-state index in [1.165, 1.54) is 6.33 Å². The summed E-state index contributed by atoms with van der Waals surface area (Å²) in [5, 5.41) is 9.77. The van der Waals surface area contributed by atoms with Crippen LogP contribution in [0.1, 0.15) is 5.82 Å². The molecule has 0 aliphatic heterocycles. The van der Waals surface area contributed by atoms with Gasteiger partial charge in [0.25, 0.3) is 5.91 Å². The fourth-order valence-corrected chi connectivity index (χ4v) is 2.26. The van der Waals surface area contributed by atoms with Crippen molar-refractivity contribution in [3.05, 3.63) is 39.8 Å². The average Bonchev–Trinajstić information content (AvgIpc) is 2.91. The normalized spacial score (nSPS) is 10.3. The summed E-state index contributed by atoms with van der Waals surface area (Å²) in [5.41, 5.74) is 0. The predicted molar refractivity (Wildman–Crippen MR) is 77.7 cm³/mol. The molecule has 0 aliphatic carbocycles. The smallest absolute Gasteiger partial charge is 0.257 e. The Morgan fingerprint density at radius 2 is 2.35 bits per heavy atom. The van der Waals surface area contributed by atoms with Gasteiger partial charge in [0.15, 0.2) is 6.61 Å². The quantitative estimate of drug-likeness (QED) is 0.826. The molecule has 1 aromatic carbocycles. The lowest BCUT2D eigenvalue weighted by molar-refractivity contribution is -0.123. The monoisotopic (exact) mass is 358 g/mol. The highest BCUT2D eigenvalue weighted by Gasteiger charge is 2.06. The molecule has 1 heterocycles. The summed E-state index contributed by atoms with van der Waals surface area (Å²) in [6.45, 7) is 0.413. The average molecular weight is 360 g/mol. The summed E-state index contributed by atoms with van der Waals surface area (Å²) in [5.74, 6) is 1.10. The van der Waals surface area contributed by atoms with Gasteiger partial charge in [-0.05, 0) is 34.1 Å². The van der Waals surface area contributed by atoms with Gasteiger partial charge in [0, 0.05) is 18.0 Å². The Balaban J connectivity index is 1.72. The molecule has 2 aromatic rings. The molecule has 2 N–H and O–H groups in total. The number of hydrogen-bond donors (Lipinski definition) is 2. The van der Waals surface area contributed by atoms with Crippen LogP contribution < -0.4 is 10.1 Å². The van der Waals surface area contributed by atoms with Crippen molar-refractivity contribution in [3.8, 4) is 5.75 Å². The number of nitrogens with zero attached hydrogens (tertiary/aromatic N) is 2. The van der Waals surface area contributed by atoms with Gasteiger partial charge in [-0.15, -0.1) is 0 Å². The number of amides is 1. The van der Waals surface area contributed by atoms with Crippen molar-refractivity contribution in [1.29, 1.82) is 0 Å². The highest BCUT2D eigenvalue weighted by Crippen LogP contribution is 2.27. The van der Waals surface area contributed by atoms with E-state index in [1.54, 1.807) is 18.2 Å². The van der Waals surface area contributed by atoms with Crippen molar-refractivity contribution in [2.24, 2.45) is 0 Å². The molecular formula is C12H12BrClN4O2. The van der Waals surface area contributed by atoms with Crippen molar-refractivity contribution in [2.75, 3.05) is 13.2 Å². The molecule has 0 radical (unpaired) electrons. The van der Waals surface area contributed by atoms with Gasteiger partial charge < -0.3 is 10.1 Å². The second-order valence-corrected chi connectivity index (χ2v) is 5.19. The lowest BCUT2D eigenvalue weighted by Crippen LogP contribution is -2.30. The Labute approximate surface area is 129 Å². The number of aromatic amines is 1. The van der Waals surface area contributed by atoms with Crippen molar-refractivity contribution in [3.63, 3.8) is 0 Å². The van der Waals surface area contributed by atoms with E-state index in [2.05, 4.69) is 36.4 Å². The minimum absolute atomic E-state index is 0.0589. The number of nitrogens with one attached hydrogen (secondary N) is 2. The van der Waals surface area contributed by atoms with Crippen molar-refractivity contribution >= 4 is 33.4 Å². The molecule has 20 heavy (non-hydrogen) atoms. The van der Waals surface area contributed by atoms with E-state index >= 15 is 0 Å². The fraction of sp³-hybridized carbons (Fsp3) is 0.250. The topological polar surface area (TPSA) is 79.9 Å². The van der Waals surface area contributed by atoms with Gasteiger partial charge in [-0.25, -0.2) is 4.98 Å². The van der Waals surface area contributed by atoms with E-state index in [4.69, 9.17) is 16.3 Å². The summed E-state index contributed by atoms with van der Waals surface area (Å²) in [7, 11) is 0. The van der Waals surface area contributed by atoms with E-state index < -0.39 is 0 Å². The Morgan fingerprint density at radius 3 is 3.05 bits per heavy atom. The van der Waals surface area contributed by atoms with Crippen LogP contribution in [0.3, 0.4) is 0 Å². The lowest BCUT2D eigenvalue weighted by Gasteiger charge is -2.08. The van der Waals surface area contributed by atoms with Crippen molar-refractivity contribution in [2.45, 2.75) is 6.42 Å². The van der Waals surface area contributed by atoms with E-state index in [1.807, 2.05) is 0 Å². The number of carbonyl (C=O) groups excluding carboxylic acids is 1. The van der Waals surface area contributed by atoms with Crippen LogP contribution in [0.5, 0.6) is 5.75 Å². The number of hydrogen-bond acceptors (Lipinski definition) is 4. The van der Waals surface area contributed by atoms with E-state index in [0.29, 0.717) is 28.2 Å². The third-order valence-corrected chi connectivity index (χ3v) is 3.26. The van der Waals surface area contributed by atoms with Crippen LogP contribution in [-0.4, -0.2) is 34.2 Å². The summed E-state index contributed by atoms with van der Waals surface area (Å²) in [4.78, 5) is 15.6. The molecule has 8 heteroatoms. The van der Waals surface area contributed by atoms with Crippen LogP contribution in [0.4, 0.5) is 0 Å². The first-order chi connectivity index (χ1) is 9.65. The van der Waals surface area contributed by atoms with E-state index in [-0.39, 0.29) is 12.5 Å². The van der Waals surface area contributed by atoms with Gasteiger partial charge in [-0.1, -0.05) is 11.6 Å². The fourth-order valence-electron chi connectivity index (χ4n) is 1.46. The van der Waals surface area contributed by atoms with Gasteiger partial charge >= 0.3 is 0 Å². The molecule has 2 rings (SSSR count). The van der Waals surface area contributed by atoms with Crippen LogP contribution in [0, 0.1) is 0 Å². The first-order valence-corrected chi connectivity index (χ1v) is 7.01. The minimum atomic E-state index is -0.202. The Morgan fingerprint density at radius 1 is 1.50 bits per heavy atom. The second kappa shape index (κ2) is 7.25. The number of carbonyl (C=O) groups is 1. The largest absolute Gasteiger partial charge is 0.483 e. The highest BCUT2D eigenvalue weighted by molar-refractivity contribution is 9.10. The molecule has 6 nitrogen and oxygen atoms in total. The van der Waals surface area contributed by atoms with Crippen LogP contribution in [0.15, 0.2) is 29.0 Å². The molecule has 0 saturated heterocycles. The van der Waals surface area contributed by atoms with Gasteiger partial charge in [0.2, 0.25) is 0 Å². The zero-order chi connectivity index (χ0) is 14.4.